The summed E-state index contributed by atoms with van der Waals surface area (Å²) in [6.07, 6.45) is 0. The summed E-state index contributed by atoms with van der Waals surface area (Å²) in [6.45, 7) is 3.59. The van der Waals surface area contributed by atoms with Gasteiger partial charge >= 0.3 is 0 Å². The Kier molecular flexibility index (Phi) is 4.99. The number of nitrogens with zero attached hydrogens (tertiary/aromatic N) is 2. The molecule has 0 aliphatic carbocycles. The van der Waals surface area contributed by atoms with Crippen LogP contribution >= 0.6 is 11.6 Å². The molecular weight excluding hydrogens is 270 g/mol. The molecule has 0 aliphatic rings. The average Bonchev–Trinajstić information content (AvgIpc) is 2.41. The molecule has 0 aliphatic heterocycles. The van der Waals surface area contributed by atoms with Gasteiger partial charge in [0, 0.05) is 30.0 Å². The Hall–Kier alpha value is -1.58. The highest BCUT2D eigenvalue weighted by atomic mass is 35.5. The van der Waals surface area contributed by atoms with Gasteiger partial charge in [-0.25, -0.2) is 0 Å². The third kappa shape index (κ3) is 3.71. The molecular formula is C16H20ClN3. The SMILES string of the molecule is CNCc1ccc(Cl)cc1N(C)Cc1cccc(C)n1. The molecule has 0 amide bonds. The summed E-state index contributed by atoms with van der Waals surface area (Å²) in [4.78, 5) is 6.73. The lowest BCUT2D eigenvalue weighted by molar-refractivity contribution is 0.801. The summed E-state index contributed by atoms with van der Waals surface area (Å²) < 4.78 is 0. The third-order valence-electron chi connectivity index (χ3n) is 3.17. The van der Waals surface area contributed by atoms with Crippen LogP contribution in [0.1, 0.15) is 17.0 Å². The zero-order valence-electron chi connectivity index (χ0n) is 12.2. The van der Waals surface area contributed by atoms with E-state index in [1.165, 1.54) is 5.56 Å². The van der Waals surface area contributed by atoms with Crippen molar-refractivity contribution in [2.45, 2.75) is 20.0 Å². The Morgan fingerprint density at radius 1 is 1.25 bits per heavy atom. The van der Waals surface area contributed by atoms with E-state index in [-0.39, 0.29) is 0 Å². The molecule has 0 spiro atoms. The number of anilines is 1. The third-order valence-corrected chi connectivity index (χ3v) is 3.41. The molecule has 1 heterocycles. The van der Waals surface area contributed by atoms with Crippen LogP contribution in [0.4, 0.5) is 5.69 Å². The van der Waals surface area contributed by atoms with Gasteiger partial charge in [0.05, 0.1) is 12.2 Å². The molecule has 1 N–H and O–H groups in total. The number of hydrogen-bond donors (Lipinski definition) is 1. The smallest absolute Gasteiger partial charge is 0.0600 e. The van der Waals surface area contributed by atoms with Gasteiger partial charge in [0.1, 0.15) is 0 Å². The monoisotopic (exact) mass is 289 g/mol. The van der Waals surface area contributed by atoms with E-state index in [0.717, 1.165) is 35.2 Å². The van der Waals surface area contributed by atoms with E-state index in [1.54, 1.807) is 0 Å². The number of benzene rings is 1. The van der Waals surface area contributed by atoms with Crippen LogP contribution in [0.5, 0.6) is 0 Å². The van der Waals surface area contributed by atoms with Crippen molar-refractivity contribution in [1.29, 1.82) is 0 Å². The van der Waals surface area contributed by atoms with Crippen LogP contribution < -0.4 is 10.2 Å². The fourth-order valence-electron chi connectivity index (χ4n) is 2.25. The highest BCUT2D eigenvalue weighted by Crippen LogP contribution is 2.25. The summed E-state index contributed by atoms with van der Waals surface area (Å²) >= 11 is 6.13. The molecule has 20 heavy (non-hydrogen) atoms. The Labute approximate surface area is 125 Å². The van der Waals surface area contributed by atoms with E-state index in [2.05, 4.69) is 28.3 Å². The maximum Gasteiger partial charge on any atom is 0.0600 e. The van der Waals surface area contributed by atoms with Gasteiger partial charge in [-0.15, -0.1) is 0 Å². The topological polar surface area (TPSA) is 28.2 Å². The molecule has 0 radical (unpaired) electrons. The molecule has 0 unspecified atom stereocenters. The van der Waals surface area contributed by atoms with Crippen LogP contribution in [0.3, 0.4) is 0 Å². The van der Waals surface area contributed by atoms with Gasteiger partial charge in [0.15, 0.2) is 0 Å². The van der Waals surface area contributed by atoms with Crippen LogP contribution in [-0.2, 0) is 13.1 Å². The van der Waals surface area contributed by atoms with Crippen molar-refractivity contribution >= 4 is 17.3 Å². The van der Waals surface area contributed by atoms with Gasteiger partial charge in [-0.1, -0.05) is 23.7 Å². The van der Waals surface area contributed by atoms with E-state index < -0.39 is 0 Å². The molecule has 0 saturated heterocycles. The predicted octanol–water partition coefficient (Wildman–Crippen LogP) is 3.40. The van der Waals surface area contributed by atoms with E-state index in [0.29, 0.717) is 0 Å². The van der Waals surface area contributed by atoms with E-state index in [4.69, 9.17) is 11.6 Å². The van der Waals surface area contributed by atoms with Crippen molar-refractivity contribution in [3.8, 4) is 0 Å². The van der Waals surface area contributed by atoms with E-state index in [1.807, 2.05) is 44.3 Å². The fourth-order valence-corrected chi connectivity index (χ4v) is 2.41. The molecule has 2 rings (SSSR count). The second-order valence-electron chi connectivity index (χ2n) is 4.93. The Morgan fingerprint density at radius 2 is 2.05 bits per heavy atom. The quantitative estimate of drug-likeness (QED) is 0.914. The van der Waals surface area contributed by atoms with Crippen molar-refractivity contribution in [3.63, 3.8) is 0 Å². The average molecular weight is 290 g/mol. The standard InChI is InChI=1S/C16H20ClN3/c1-12-5-4-6-15(19-12)11-20(3)16-9-14(17)8-7-13(16)10-18-2/h4-9,18H,10-11H2,1-3H3. The van der Waals surface area contributed by atoms with Crippen molar-refractivity contribution in [3.05, 3.63) is 58.4 Å². The van der Waals surface area contributed by atoms with Gasteiger partial charge in [0.2, 0.25) is 0 Å². The summed E-state index contributed by atoms with van der Waals surface area (Å²) in [7, 11) is 4.01. The molecule has 0 saturated carbocycles. The van der Waals surface area contributed by atoms with Crippen LogP contribution in [0, 0.1) is 6.92 Å². The summed E-state index contributed by atoms with van der Waals surface area (Å²) in [5, 5.41) is 3.94. The van der Waals surface area contributed by atoms with Gasteiger partial charge in [-0.2, -0.15) is 0 Å². The lowest BCUT2D eigenvalue weighted by Gasteiger charge is -2.22. The van der Waals surface area contributed by atoms with Crippen molar-refractivity contribution in [2.24, 2.45) is 0 Å². The minimum Gasteiger partial charge on any atom is -0.368 e. The first kappa shape index (κ1) is 14.8. The van der Waals surface area contributed by atoms with Gasteiger partial charge in [-0.3, -0.25) is 4.98 Å². The van der Waals surface area contributed by atoms with Gasteiger partial charge < -0.3 is 10.2 Å². The number of rotatable bonds is 5. The molecule has 0 bridgehead atoms. The summed E-state index contributed by atoms with van der Waals surface area (Å²) in [5.74, 6) is 0. The molecule has 1 aromatic heterocycles. The number of nitrogens with one attached hydrogen (secondary N) is 1. The highest BCUT2D eigenvalue weighted by molar-refractivity contribution is 6.30. The highest BCUT2D eigenvalue weighted by Gasteiger charge is 2.09. The zero-order valence-corrected chi connectivity index (χ0v) is 12.9. The fraction of sp³-hybridized carbons (Fsp3) is 0.312. The molecule has 1 aromatic carbocycles. The maximum absolute atomic E-state index is 6.13. The van der Waals surface area contributed by atoms with Crippen molar-refractivity contribution in [1.82, 2.24) is 10.3 Å². The maximum atomic E-state index is 6.13. The van der Waals surface area contributed by atoms with Crippen molar-refractivity contribution < 1.29 is 0 Å². The Balaban J connectivity index is 2.23. The summed E-state index contributed by atoms with van der Waals surface area (Å²) in [6, 6.07) is 12.1. The second-order valence-corrected chi connectivity index (χ2v) is 5.37. The first-order chi connectivity index (χ1) is 9.60. The minimum absolute atomic E-state index is 0.754. The Morgan fingerprint density at radius 3 is 2.75 bits per heavy atom. The number of halogens is 1. The number of aryl methyl sites for hydroxylation is 1. The molecule has 4 heteroatoms. The van der Waals surface area contributed by atoms with Crippen LogP contribution in [0.15, 0.2) is 36.4 Å². The zero-order chi connectivity index (χ0) is 14.5. The molecule has 0 atom stereocenters. The van der Waals surface area contributed by atoms with E-state index in [9.17, 15) is 0 Å². The first-order valence-electron chi connectivity index (χ1n) is 6.67. The first-order valence-corrected chi connectivity index (χ1v) is 7.04. The number of aromatic nitrogens is 1. The predicted molar refractivity (Wildman–Crippen MR) is 85.3 cm³/mol. The van der Waals surface area contributed by atoms with Crippen LogP contribution in [0.25, 0.3) is 0 Å². The van der Waals surface area contributed by atoms with Gasteiger partial charge in [0.25, 0.3) is 0 Å². The lowest BCUT2D eigenvalue weighted by atomic mass is 10.1. The van der Waals surface area contributed by atoms with Gasteiger partial charge in [-0.05, 0) is 43.8 Å². The Bertz CT molecular complexity index is 584. The normalized spacial score (nSPS) is 10.6. The van der Waals surface area contributed by atoms with Crippen LogP contribution in [0.2, 0.25) is 5.02 Å². The number of pyridine rings is 1. The van der Waals surface area contributed by atoms with E-state index >= 15 is 0 Å². The minimum atomic E-state index is 0.754. The molecule has 0 fully saturated rings. The molecule has 3 nitrogen and oxygen atoms in total. The summed E-state index contributed by atoms with van der Waals surface area (Å²) in [5.41, 5.74) is 4.46. The molecule has 2 aromatic rings. The molecule has 106 valence electrons. The lowest BCUT2D eigenvalue weighted by Crippen LogP contribution is -2.20. The largest absolute Gasteiger partial charge is 0.368 e. The van der Waals surface area contributed by atoms with Crippen molar-refractivity contribution in [2.75, 3.05) is 19.0 Å². The second kappa shape index (κ2) is 6.73. The number of hydrogen-bond acceptors (Lipinski definition) is 3. The van der Waals surface area contributed by atoms with Crippen LogP contribution in [-0.4, -0.2) is 19.1 Å².